The molecule has 1 fully saturated rings. The van der Waals surface area contributed by atoms with Gasteiger partial charge in [-0.05, 0) is 111 Å². The monoisotopic (exact) mass is 692 g/mol. The lowest BCUT2D eigenvalue weighted by molar-refractivity contribution is -0.122. The van der Waals surface area contributed by atoms with Gasteiger partial charge in [0, 0.05) is 10.2 Å². The van der Waals surface area contributed by atoms with Crippen LogP contribution in [0.5, 0.6) is 11.5 Å². The zero-order chi connectivity index (χ0) is 26.2. The highest BCUT2D eigenvalue weighted by Gasteiger charge is 2.33. The lowest BCUT2D eigenvalue weighted by atomic mass is 10.1. The quantitative estimate of drug-likeness (QED) is 0.127. The number of carbonyl (C=O) groups excluding carboxylic acids is 1. The molecule has 0 radical (unpaired) electrons. The first kappa shape index (κ1) is 27.7. The van der Waals surface area contributed by atoms with Crippen LogP contribution >= 0.6 is 50.3 Å². The van der Waals surface area contributed by atoms with Crippen LogP contribution in [-0.4, -0.2) is 42.8 Å². The second-order valence-corrected chi connectivity index (χ2v) is 11.1. The van der Waals surface area contributed by atoms with E-state index in [2.05, 4.69) is 38.5 Å². The molecule has 0 N–H and O–H groups in total. The standard InChI is InChI=1S/C28H26BrIN2O4S/c1-3-35-14-13-32-27(33)25(37-28(32)31-22-7-5-4-6-8-22)17-20-15-23(29)26(24(16-20)34-2)36-18-19-9-11-21(30)12-10-19/h4-12,15-17H,3,13-14,18H2,1-2H3/b25-17-,31-28?. The van der Waals surface area contributed by atoms with E-state index in [1.54, 1.807) is 12.0 Å². The summed E-state index contributed by atoms with van der Waals surface area (Å²) in [6.07, 6.45) is 1.85. The van der Waals surface area contributed by atoms with Crippen LogP contribution in [0.15, 0.2) is 81.1 Å². The molecule has 0 atom stereocenters. The fourth-order valence-corrected chi connectivity index (χ4v) is 5.51. The van der Waals surface area contributed by atoms with E-state index in [1.807, 2.05) is 79.7 Å². The highest BCUT2D eigenvalue weighted by molar-refractivity contribution is 14.1. The van der Waals surface area contributed by atoms with E-state index in [1.165, 1.54) is 15.3 Å². The SMILES string of the molecule is CCOCCN1C(=O)/C(=C/c2cc(Br)c(OCc3ccc(I)cc3)c(OC)c2)SC1=Nc1ccccc1. The molecule has 3 aromatic carbocycles. The zero-order valence-electron chi connectivity index (χ0n) is 20.4. The second kappa shape index (κ2) is 13.5. The van der Waals surface area contributed by atoms with Crippen molar-refractivity contribution in [3.05, 3.63) is 90.8 Å². The Balaban J connectivity index is 1.58. The molecule has 0 aromatic heterocycles. The first-order valence-corrected chi connectivity index (χ1v) is 14.3. The highest BCUT2D eigenvalue weighted by Crippen LogP contribution is 2.40. The summed E-state index contributed by atoms with van der Waals surface area (Å²) in [5.41, 5.74) is 2.66. The molecule has 0 unspecified atom stereocenters. The molecule has 1 aliphatic rings. The lowest BCUT2D eigenvalue weighted by Gasteiger charge is -2.15. The van der Waals surface area contributed by atoms with E-state index in [4.69, 9.17) is 19.2 Å². The summed E-state index contributed by atoms with van der Waals surface area (Å²) < 4.78 is 19.1. The number of ether oxygens (including phenoxy) is 3. The van der Waals surface area contributed by atoms with Gasteiger partial charge < -0.3 is 14.2 Å². The Morgan fingerprint density at radius 1 is 1.11 bits per heavy atom. The molecule has 1 saturated heterocycles. The lowest BCUT2D eigenvalue weighted by Crippen LogP contribution is -2.32. The molecule has 3 aromatic rings. The molecule has 1 amide bonds. The van der Waals surface area contributed by atoms with Gasteiger partial charge in [-0.3, -0.25) is 9.69 Å². The summed E-state index contributed by atoms with van der Waals surface area (Å²) >= 11 is 7.25. The molecule has 4 rings (SSSR count). The number of aliphatic imine (C=N–C) groups is 1. The number of amides is 1. The maximum absolute atomic E-state index is 13.3. The van der Waals surface area contributed by atoms with Crippen LogP contribution in [0.4, 0.5) is 5.69 Å². The van der Waals surface area contributed by atoms with Gasteiger partial charge in [0.05, 0.1) is 35.3 Å². The minimum absolute atomic E-state index is 0.103. The number of nitrogens with zero attached hydrogens (tertiary/aromatic N) is 2. The van der Waals surface area contributed by atoms with Crippen molar-refractivity contribution in [2.24, 2.45) is 4.99 Å². The Bertz CT molecular complexity index is 1300. The fourth-order valence-electron chi connectivity index (χ4n) is 3.55. The molecule has 9 heteroatoms. The molecule has 6 nitrogen and oxygen atoms in total. The third-order valence-electron chi connectivity index (χ3n) is 5.38. The summed E-state index contributed by atoms with van der Waals surface area (Å²) in [6.45, 7) is 3.81. The normalized spacial score (nSPS) is 15.6. The van der Waals surface area contributed by atoms with Crippen LogP contribution in [0.25, 0.3) is 6.08 Å². The number of rotatable bonds is 10. The van der Waals surface area contributed by atoms with Gasteiger partial charge in [-0.2, -0.15) is 0 Å². The number of para-hydroxylation sites is 1. The van der Waals surface area contributed by atoms with Gasteiger partial charge >= 0.3 is 0 Å². The smallest absolute Gasteiger partial charge is 0.266 e. The summed E-state index contributed by atoms with van der Waals surface area (Å²) in [5, 5.41) is 0.630. The van der Waals surface area contributed by atoms with Gasteiger partial charge in [-0.25, -0.2) is 4.99 Å². The minimum Gasteiger partial charge on any atom is -0.493 e. The maximum atomic E-state index is 13.3. The van der Waals surface area contributed by atoms with Crippen molar-refractivity contribution in [2.45, 2.75) is 13.5 Å². The molecule has 192 valence electrons. The Morgan fingerprint density at radius 3 is 2.57 bits per heavy atom. The van der Waals surface area contributed by atoms with E-state index >= 15 is 0 Å². The number of thioether (sulfide) groups is 1. The topological polar surface area (TPSA) is 60.4 Å². The van der Waals surface area contributed by atoms with Crippen LogP contribution in [0.3, 0.4) is 0 Å². The third-order valence-corrected chi connectivity index (χ3v) is 7.69. The van der Waals surface area contributed by atoms with Crippen molar-refractivity contribution >= 4 is 73.1 Å². The summed E-state index contributed by atoms with van der Waals surface area (Å²) in [6, 6.07) is 21.6. The Labute approximate surface area is 243 Å². The van der Waals surface area contributed by atoms with E-state index in [-0.39, 0.29) is 5.91 Å². The van der Waals surface area contributed by atoms with E-state index in [0.29, 0.717) is 47.9 Å². The molecule has 0 spiro atoms. The Hall–Kier alpha value is -2.34. The van der Waals surface area contributed by atoms with Crippen LogP contribution in [-0.2, 0) is 16.1 Å². The molecular weight excluding hydrogens is 667 g/mol. The van der Waals surface area contributed by atoms with E-state index in [0.717, 1.165) is 21.3 Å². The van der Waals surface area contributed by atoms with Gasteiger partial charge in [0.1, 0.15) is 6.61 Å². The maximum Gasteiger partial charge on any atom is 0.266 e. The number of benzene rings is 3. The fraction of sp³-hybridized carbons (Fsp3) is 0.214. The first-order chi connectivity index (χ1) is 18.0. The van der Waals surface area contributed by atoms with Gasteiger partial charge in [-0.15, -0.1) is 0 Å². The number of halogens is 2. The second-order valence-electron chi connectivity index (χ2n) is 7.94. The van der Waals surface area contributed by atoms with Crippen molar-refractivity contribution in [1.29, 1.82) is 0 Å². The molecular formula is C28H26BrIN2O4S. The summed E-state index contributed by atoms with van der Waals surface area (Å²) in [7, 11) is 1.60. The van der Waals surface area contributed by atoms with Crippen molar-refractivity contribution in [2.75, 3.05) is 26.9 Å². The predicted molar refractivity (Wildman–Crippen MR) is 161 cm³/mol. The van der Waals surface area contributed by atoms with Crippen LogP contribution < -0.4 is 9.47 Å². The molecule has 1 heterocycles. The largest absolute Gasteiger partial charge is 0.493 e. The van der Waals surface area contributed by atoms with Crippen molar-refractivity contribution in [3.8, 4) is 11.5 Å². The van der Waals surface area contributed by atoms with Crippen LogP contribution in [0.2, 0.25) is 0 Å². The molecule has 0 bridgehead atoms. The molecule has 0 saturated carbocycles. The number of hydrogen-bond acceptors (Lipinski definition) is 6. The number of carbonyl (C=O) groups is 1. The first-order valence-electron chi connectivity index (χ1n) is 11.7. The number of hydrogen-bond donors (Lipinski definition) is 0. The van der Waals surface area contributed by atoms with E-state index in [9.17, 15) is 4.79 Å². The molecule has 0 aliphatic carbocycles. The highest BCUT2D eigenvalue weighted by atomic mass is 127. The average molecular weight is 693 g/mol. The van der Waals surface area contributed by atoms with Crippen LogP contribution in [0, 0.1) is 3.57 Å². The van der Waals surface area contributed by atoms with E-state index < -0.39 is 0 Å². The number of amidine groups is 1. The van der Waals surface area contributed by atoms with Crippen LogP contribution in [0.1, 0.15) is 18.1 Å². The van der Waals surface area contributed by atoms with Crippen molar-refractivity contribution in [3.63, 3.8) is 0 Å². The zero-order valence-corrected chi connectivity index (χ0v) is 25.0. The Kier molecular flexibility index (Phi) is 10.1. The number of methoxy groups -OCH3 is 1. The summed E-state index contributed by atoms with van der Waals surface area (Å²) in [5.74, 6) is 1.08. The van der Waals surface area contributed by atoms with Gasteiger partial charge in [0.2, 0.25) is 0 Å². The van der Waals surface area contributed by atoms with Crippen molar-refractivity contribution in [1.82, 2.24) is 4.90 Å². The third kappa shape index (κ3) is 7.37. The average Bonchev–Trinajstić information content (AvgIpc) is 3.18. The van der Waals surface area contributed by atoms with Gasteiger partial charge in [0.15, 0.2) is 16.7 Å². The summed E-state index contributed by atoms with van der Waals surface area (Å²) in [4.78, 5) is 20.3. The minimum atomic E-state index is -0.103. The van der Waals surface area contributed by atoms with Gasteiger partial charge in [-0.1, -0.05) is 30.3 Å². The Morgan fingerprint density at radius 2 is 1.86 bits per heavy atom. The van der Waals surface area contributed by atoms with Gasteiger partial charge in [0.25, 0.3) is 5.91 Å². The van der Waals surface area contributed by atoms with Crippen molar-refractivity contribution < 1.29 is 19.0 Å². The predicted octanol–water partition coefficient (Wildman–Crippen LogP) is 7.28. The molecule has 1 aliphatic heterocycles. The molecule has 37 heavy (non-hydrogen) atoms.